The molecule has 1 unspecified atom stereocenters. The first kappa shape index (κ1) is 16.2. The Morgan fingerprint density at radius 3 is 2.71 bits per heavy atom. The zero-order valence-electron chi connectivity index (χ0n) is 13.4. The van der Waals surface area contributed by atoms with Gasteiger partial charge in [0.15, 0.2) is 0 Å². The third-order valence-corrected chi connectivity index (χ3v) is 4.07. The van der Waals surface area contributed by atoms with Gasteiger partial charge in [0.05, 0.1) is 31.3 Å². The van der Waals surface area contributed by atoms with Crippen molar-refractivity contribution in [2.75, 3.05) is 19.7 Å². The number of carboxylic acid groups (broad SMARTS) is 1. The van der Waals surface area contributed by atoms with Crippen LogP contribution in [-0.2, 0) is 23.0 Å². The Morgan fingerprint density at radius 1 is 1.33 bits per heavy atom. The van der Waals surface area contributed by atoms with Crippen molar-refractivity contribution >= 4 is 11.9 Å². The number of morpholine rings is 1. The molecule has 1 aromatic carbocycles. The first-order chi connectivity index (χ1) is 11.5. The van der Waals surface area contributed by atoms with Crippen LogP contribution in [0.1, 0.15) is 27.6 Å². The topological polar surface area (TPSA) is 84.7 Å². The predicted molar refractivity (Wildman–Crippen MR) is 85.6 cm³/mol. The fraction of sp³-hybridized carbons (Fsp3) is 0.353. The maximum Gasteiger partial charge on any atom is 0.335 e. The van der Waals surface area contributed by atoms with Crippen LogP contribution in [-0.4, -0.2) is 51.4 Å². The molecule has 0 aliphatic carbocycles. The highest BCUT2D eigenvalue weighted by molar-refractivity contribution is 5.87. The molecule has 1 N–H and O–H groups in total. The molecule has 1 fully saturated rings. The highest BCUT2D eigenvalue weighted by Gasteiger charge is 2.26. The van der Waals surface area contributed by atoms with Crippen LogP contribution in [0.4, 0.5) is 0 Å². The van der Waals surface area contributed by atoms with Crippen LogP contribution in [0, 0.1) is 0 Å². The average molecular weight is 329 g/mol. The van der Waals surface area contributed by atoms with Gasteiger partial charge in [-0.25, -0.2) is 4.79 Å². The molecule has 1 aromatic heterocycles. The van der Waals surface area contributed by atoms with Crippen molar-refractivity contribution in [3.8, 4) is 0 Å². The summed E-state index contributed by atoms with van der Waals surface area (Å²) in [5.74, 6) is -0.962. The van der Waals surface area contributed by atoms with Crippen LogP contribution in [0.25, 0.3) is 0 Å². The summed E-state index contributed by atoms with van der Waals surface area (Å²) in [5, 5.41) is 13.0. The minimum Gasteiger partial charge on any atom is -0.478 e. The summed E-state index contributed by atoms with van der Waals surface area (Å²) >= 11 is 0. The van der Waals surface area contributed by atoms with Crippen molar-refractivity contribution in [1.29, 1.82) is 0 Å². The average Bonchev–Trinajstić information content (AvgIpc) is 3.02. The van der Waals surface area contributed by atoms with E-state index in [0.717, 1.165) is 11.1 Å². The van der Waals surface area contributed by atoms with E-state index >= 15 is 0 Å². The normalized spacial score (nSPS) is 17.7. The Labute approximate surface area is 139 Å². The first-order valence-electron chi connectivity index (χ1n) is 7.73. The summed E-state index contributed by atoms with van der Waals surface area (Å²) in [7, 11) is 1.84. The fourth-order valence-electron chi connectivity index (χ4n) is 2.74. The number of rotatable bonds is 4. The van der Waals surface area contributed by atoms with Gasteiger partial charge < -0.3 is 14.7 Å². The van der Waals surface area contributed by atoms with Gasteiger partial charge in [0.1, 0.15) is 6.10 Å². The lowest BCUT2D eigenvalue weighted by atomic mass is 10.1. The lowest BCUT2D eigenvalue weighted by Crippen LogP contribution is -2.42. The van der Waals surface area contributed by atoms with Gasteiger partial charge in [-0.1, -0.05) is 12.1 Å². The smallest absolute Gasteiger partial charge is 0.335 e. The second kappa shape index (κ2) is 6.84. The standard InChI is InChI=1S/C17H19N3O4/c1-19-10-14(9-18-19)15-11-20(6-7-24-15)16(21)8-12-2-4-13(5-3-12)17(22)23/h2-5,9-10,15H,6-8,11H2,1H3,(H,22,23). The number of hydrogen-bond donors (Lipinski definition) is 1. The minimum absolute atomic E-state index is 0.00950. The van der Waals surface area contributed by atoms with E-state index in [-0.39, 0.29) is 24.0 Å². The van der Waals surface area contributed by atoms with Crippen molar-refractivity contribution in [2.45, 2.75) is 12.5 Å². The number of aromatic carboxylic acids is 1. The molecule has 0 saturated carbocycles. The van der Waals surface area contributed by atoms with Gasteiger partial charge in [0, 0.05) is 25.4 Å². The van der Waals surface area contributed by atoms with E-state index in [0.29, 0.717) is 19.7 Å². The minimum atomic E-state index is -0.972. The zero-order chi connectivity index (χ0) is 17.1. The van der Waals surface area contributed by atoms with Crippen LogP contribution in [0.15, 0.2) is 36.7 Å². The number of hydrogen-bond acceptors (Lipinski definition) is 4. The van der Waals surface area contributed by atoms with Gasteiger partial charge in [-0.05, 0) is 17.7 Å². The van der Waals surface area contributed by atoms with Crippen LogP contribution in [0.5, 0.6) is 0 Å². The third kappa shape index (κ3) is 3.62. The SMILES string of the molecule is Cn1cc(C2CN(C(=O)Cc3ccc(C(=O)O)cc3)CCO2)cn1. The van der Waals surface area contributed by atoms with E-state index < -0.39 is 5.97 Å². The molecule has 1 amide bonds. The van der Waals surface area contributed by atoms with Crippen molar-refractivity contribution in [3.05, 3.63) is 53.3 Å². The molecule has 0 spiro atoms. The van der Waals surface area contributed by atoms with Crippen LogP contribution in [0.2, 0.25) is 0 Å². The number of nitrogens with zero attached hydrogens (tertiary/aromatic N) is 3. The summed E-state index contributed by atoms with van der Waals surface area (Å²) in [5.41, 5.74) is 1.98. The van der Waals surface area contributed by atoms with Gasteiger partial charge in [0.25, 0.3) is 0 Å². The predicted octanol–water partition coefficient (Wildman–Crippen LogP) is 1.26. The third-order valence-electron chi connectivity index (χ3n) is 4.07. The molecule has 2 heterocycles. The first-order valence-corrected chi connectivity index (χ1v) is 7.73. The zero-order valence-corrected chi connectivity index (χ0v) is 13.4. The maximum absolute atomic E-state index is 12.5. The number of benzene rings is 1. The number of carbonyl (C=O) groups excluding carboxylic acids is 1. The summed E-state index contributed by atoms with van der Waals surface area (Å²) in [6.45, 7) is 1.55. The molecular formula is C17H19N3O4. The molecule has 7 heteroatoms. The van der Waals surface area contributed by atoms with Gasteiger partial charge in [0.2, 0.25) is 5.91 Å². The molecule has 1 aliphatic heterocycles. The molecule has 0 radical (unpaired) electrons. The van der Waals surface area contributed by atoms with Crippen molar-refractivity contribution in [2.24, 2.45) is 7.05 Å². The van der Waals surface area contributed by atoms with Crippen molar-refractivity contribution in [3.63, 3.8) is 0 Å². The Morgan fingerprint density at radius 2 is 2.08 bits per heavy atom. The summed E-state index contributed by atoms with van der Waals surface area (Å²) < 4.78 is 7.45. The Bertz CT molecular complexity index is 739. The molecule has 1 saturated heterocycles. The number of aryl methyl sites for hydroxylation is 1. The molecule has 3 rings (SSSR count). The van der Waals surface area contributed by atoms with E-state index in [2.05, 4.69) is 5.10 Å². The molecule has 1 aliphatic rings. The summed E-state index contributed by atoms with van der Waals surface area (Å²) in [6, 6.07) is 6.40. The van der Waals surface area contributed by atoms with E-state index in [1.807, 2.05) is 13.2 Å². The van der Waals surface area contributed by atoms with Gasteiger partial charge in [-0.15, -0.1) is 0 Å². The van der Waals surface area contributed by atoms with Crippen molar-refractivity contribution in [1.82, 2.24) is 14.7 Å². The quantitative estimate of drug-likeness (QED) is 0.913. The number of carboxylic acids is 1. The van der Waals surface area contributed by atoms with Crippen LogP contribution < -0.4 is 0 Å². The molecule has 7 nitrogen and oxygen atoms in total. The molecule has 126 valence electrons. The van der Waals surface area contributed by atoms with E-state index in [9.17, 15) is 9.59 Å². The van der Waals surface area contributed by atoms with Gasteiger partial charge >= 0.3 is 5.97 Å². The van der Waals surface area contributed by atoms with Gasteiger partial charge in [-0.3, -0.25) is 9.48 Å². The molecule has 2 aromatic rings. The maximum atomic E-state index is 12.5. The monoisotopic (exact) mass is 329 g/mol. The highest BCUT2D eigenvalue weighted by Crippen LogP contribution is 2.22. The molecular weight excluding hydrogens is 310 g/mol. The number of aromatic nitrogens is 2. The van der Waals surface area contributed by atoms with Gasteiger partial charge in [-0.2, -0.15) is 5.10 Å². The van der Waals surface area contributed by atoms with E-state index in [4.69, 9.17) is 9.84 Å². The second-order valence-electron chi connectivity index (χ2n) is 5.83. The highest BCUT2D eigenvalue weighted by atomic mass is 16.5. The molecule has 1 atom stereocenters. The fourth-order valence-corrected chi connectivity index (χ4v) is 2.74. The number of ether oxygens (including phenoxy) is 1. The largest absolute Gasteiger partial charge is 0.478 e. The number of amides is 1. The second-order valence-corrected chi connectivity index (χ2v) is 5.83. The molecule has 0 bridgehead atoms. The Hall–Kier alpha value is -2.67. The van der Waals surface area contributed by atoms with Crippen LogP contribution >= 0.6 is 0 Å². The van der Waals surface area contributed by atoms with E-state index in [1.54, 1.807) is 27.9 Å². The van der Waals surface area contributed by atoms with Crippen molar-refractivity contribution < 1.29 is 19.4 Å². The number of carbonyl (C=O) groups is 2. The lowest BCUT2D eigenvalue weighted by molar-refractivity contribution is -0.138. The summed E-state index contributed by atoms with van der Waals surface area (Å²) in [4.78, 5) is 25.1. The summed E-state index contributed by atoms with van der Waals surface area (Å²) in [6.07, 6.45) is 3.73. The Balaban J connectivity index is 1.63. The van der Waals surface area contributed by atoms with Crippen LogP contribution in [0.3, 0.4) is 0 Å². The van der Waals surface area contributed by atoms with E-state index in [1.165, 1.54) is 12.1 Å². The Kier molecular flexibility index (Phi) is 4.61. The molecule has 24 heavy (non-hydrogen) atoms. The lowest BCUT2D eigenvalue weighted by Gasteiger charge is -2.32.